The molecule has 0 saturated heterocycles. The Balaban J connectivity index is 2.22. The summed E-state index contributed by atoms with van der Waals surface area (Å²) in [6.07, 6.45) is 2.90. The number of aromatic nitrogens is 1. The van der Waals surface area contributed by atoms with Gasteiger partial charge in [0.15, 0.2) is 0 Å². The molecule has 0 spiro atoms. The zero-order valence-electron chi connectivity index (χ0n) is 11.2. The number of carbonyl (C=O) groups is 1. The van der Waals surface area contributed by atoms with Gasteiger partial charge in [0.2, 0.25) is 0 Å². The van der Waals surface area contributed by atoms with Crippen molar-refractivity contribution >= 4 is 16.9 Å². The fourth-order valence-corrected chi connectivity index (χ4v) is 2.51. The van der Waals surface area contributed by atoms with Crippen LogP contribution in [0.15, 0.2) is 54.7 Å². The maximum absolute atomic E-state index is 11.3. The van der Waals surface area contributed by atoms with Gasteiger partial charge < -0.3 is 9.67 Å². The Kier molecular flexibility index (Phi) is 3.03. The average molecular weight is 265 g/mol. The van der Waals surface area contributed by atoms with Crippen molar-refractivity contribution in [1.82, 2.24) is 4.57 Å². The maximum atomic E-state index is 11.3. The maximum Gasteiger partial charge on any atom is 0.336 e. The van der Waals surface area contributed by atoms with Crippen LogP contribution in [0.3, 0.4) is 0 Å². The number of nitrogens with zero attached hydrogens (tertiary/aromatic N) is 1. The van der Waals surface area contributed by atoms with Crippen molar-refractivity contribution in [2.45, 2.75) is 13.3 Å². The van der Waals surface area contributed by atoms with Crippen molar-refractivity contribution in [2.24, 2.45) is 0 Å². The minimum absolute atomic E-state index is 0.341. The number of carboxylic acid groups (broad SMARTS) is 1. The van der Waals surface area contributed by atoms with Crippen molar-refractivity contribution in [3.05, 3.63) is 65.9 Å². The summed E-state index contributed by atoms with van der Waals surface area (Å²) in [5.41, 5.74) is 3.58. The zero-order valence-corrected chi connectivity index (χ0v) is 11.2. The molecule has 0 radical (unpaired) electrons. The minimum Gasteiger partial charge on any atom is -0.478 e. The lowest BCUT2D eigenvalue weighted by Gasteiger charge is -2.07. The van der Waals surface area contributed by atoms with Crippen LogP contribution in [-0.4, -0.2) is 15.6 Å². The molecule has 3 nitrogen and oxygen atoms in total. The SMILES string of the molecule is CCc1cccc(-n2ccc3c(C(=O)O)cccc32)c1. The highest BCUT2D eigenvalue weighted by molar-refractivity contribution is 6.03. The van der Waals surface area contributed by atoms with E-state index >= 15 is 0 Å². The van der Waals surface area contributed by atoms with Gasteiger partial charge in [-0.3, -0.25) is 0 Å². The van der Waals surface area contributed by atoms with Crippen LogP contribution in [-0.2, 0) is 6.42 Å². The lowest BCUT2D eigenvalue weighted by Crippen LogP contribution is -1.97. The lowest BCUT2D eigenvalue weighted by atomic mass is 10.1. The third-order valence-electron chi connectivity index (χ3n) is 3.56. The smallest absolute Gasteiger partial charge is 0.336 e. The highest BCUT2D eigenvalue weighted by Gasteiger charge is 2.11. The minimum atomic E-state index is -0.893. The number of aromatic carboxylic acids is 1. The molecule has 1 heterocycles. The van der Waals surface area contributed by atoms with Crippen LogP contribution >= 0.6 is 0 Å². The first kappa shape index (κ1) is 12.5. The van der Waals surface area contributed by atoms with Crippen LogP contribution in [0.5, 0.6) is 0 Å². The van der Waals surface area contributed by atoms with E-state index in [1.54, 1.807) is 12.1 Å². The highest BCUT2D eigenvalue weighted by Crippen LogP contribution is 2.24. The third-order valence-corrected chi connectivity index (χ3v) is 3.56. The molecule has 0 atom stereocenters. The molecule has 0 fully saturated rings. The second kappa shape index (κ2) is 4.85. The number of carboxylic acids is 1. The fraction of sp³-hybridized carbons (Fsp3) is 0.118. The van der Waals surface area contributed by atoms with E-state index in [1.807, 2.05) is 35.0 Å². The molecule has 0 saturated carbocycles. The molecule has 100 valence electrons. The van der Waals surface area contributed by atoms with Gasteiger partial charge in [-0.25, -0.2) is 4.79 Å². The number of benzene rings is 2. The predicted octanol–water partition coefficient (Wildman–Crippen LogP) is 3.89. The Bertz CT molecular complexity index is 787. The predicted molar refractivity (Wildman–Crippen MR) is 79.6 cm³/mol. The number of hydrogen-bond acceptors (Lipinski definition) is 1. The summed E-state index contributed by atoms with van der Waals surface area (Å²) in [5.74, 6) is -0.893. The van der Waals surface area contributed by atoms with Crippen LogP contribution in [0.2, 0.25) is 0 Å². The van der Waals surface area contributed by atoms with E-state index in [0.29, 0.717) is 5.56 Å². The van der Waals surface area contributed by atoms with Gasteiger partial charge in [-0.05, 0) is 42.3 Å². The molecule has 3 aromatic rings. The molecule has 3 rings (SSSR count). The van der Waals surface area contributed by atoms with E-state index in [0.717, 1.165) is 23.0 Å². The van der Waals surface area contributed by atoms with E-state index in [9.17, 15) is 9.90 Å². The summed E-state index contributed by atoms with van der Waals surface area (Å²) in [5, 5.41) is 10.0. The molecule has 3 heteroatoms. The van der Waals surface area contributed by atoms with Gasteiger partial charge in [0, 0.05) is 17.3 Å². The Morgan fingerprint density at radius 3 is 2.70 bits per heavy atom. The van der Waals surface area contributed by atoms with Crippen molar-refractivity contribution in [3.8, 4) is 5.69 Å². The average Bonchev–Trinajstić information content (AvgIpc) is 2.91. The van der Waals surface area contributed by atoms with E-state index in [1.165, 1.54) is 5.56 Å². The van der Waals surface area contributed by atoms with Crippen LogP contribution < -0.4 is 0 Å². The van der Waals surface area contributed by atoms with Gasteiger partial charge in [0.05, 0.1) is 11.1 Å². The van der Waals surface area contributed by atoms with Gasteiger partial charge in [-0.15, -0.1) is 0 Å². The van der Waals surface area contributed by atoms with E-state index in [-0.39, 0.29) is 0 Å². The van der Waals surface area contributed by atoms with Gasteiger partial charge in [-0.1, -0.05) is 25.1 Å². The second-order valence-electron chi connectivity index (χ2n) is 4.75. The summed E-state index contributed by atoms with van der Waals surface area (Å²) in [6, 6.07) is 15.5. The Morgan fingerprint density at radius 1 is 1.15 bits per heavy atom. The summed E-state index contributed by atoms with van der Waals surface area (Å²) >= 11 is 0. The number of hydrogen-bond donors (Lipinski definition) is 1. The first-order valence-electron chi connectivity index (χ1n) is 6.63. The molecule has 0 amide bonds. The van der Waals surface area contributed by atoms with Gasteiger partial charge in [0.25, 0.3) is 0 Å². The quantitative estimate of drug-likeness (QED) is 0.780. The summed E-state index contributed by atoms with van der Waals surface area (Å²) < 4.78 is 2.03. The van der Waals surface area contributed by atoms with E-state index < -0.39 is 5.97 Å². The lowest BCUT2D eigenvalue weighted by molar-refractivity contribution is 0.0699. The molecule has 1 N–H and O–H groups in total. The summed E-state index contributed by atoms with van der Waals surface area (Å²) in [4.78, 5) is 11.3. The molecule has 0 aliphatic heterocycles. The van der Waals surface area contributed by atoms with Crippen molar-refractivity contribution in [3.63, 3.8) is 0 Å². The van der Waals surface area contributed by atoms with Crippen molar-refractivity contribution in [2.75, 3.05) is 0 Å². The molecule has 20 heavy (non-hydrogen) atoms. The molecular weight excluding hydrogens is 250 g/mol. The van der Waals surface area contributed by atoms with Crippen LogP contribution in [0.25, 0.3) is 16.6 Å². The Labute approximate surface area is 117 Å². The van der Waals surface area contributed by atoms with Gasteiger partial charge in [0.1, 0.15) is 0 Å². The largest absolute Gasteiger partial charge is 0.478 e. The third kappa shape index (κ3) is 1.97. The monoisotopic (exact) mass is 265 g/mol. The first-order chi connectivity index (χ1) is 9.70. The van der Waals surface area contributed by atoms with Gasteiger partial charge in [-0.2, -0.15) is 0 Å². The van der Waals surface area contributed by atoms with Crippen LogP contribution in [0.1, 0.15) is 22.8 Å². The molecule has 0 bridgehead atoms. The van der Waals surface area contributed by atoms with Crippen molar-refractivity contribution in [1.29, 1.82) is 0 Å². The molecule has 0 aliphatic rings. The molecule has 1 aromatic heterocycles. The summed E-state index contributed by atoms with van der Waals surface area (Å²) in [7, 11) is 0. The van der Waals surface area contributed by atoms with E-state index in [2.05, 4.69) is 19.1 Å². The van der Waals surface area contributed by atoms with Crippen LogP contribution in [0.4, 0.5) is 0 Å². The first-order valence-corrected chi connectivity index (χ1v) is 6.63. The Morgan fingerprint density at radius 2 is 1.95 bits per heavy atom. The van der Waals surface area contributed by atoms with E-state index in [4.69, 9.17) is 0 Å². The highest BCUT2D eigenvalue weighted by atomic mass is 16.4. The van der Waals surface area contributed by atoms with Gasteiger partial charge >= 0.3 is 5.97 Å². The molecule has 2 aromatic carbocycles. The molecule has 0 unspecified atom stereocenters. The van der Waals surface area contributed by atoms with Crippen LogP contribution in [0, 0.1) is 0 Å². The normalized spacial score (nSPS) is 10.8. The fourth-order valence-electron chi connectivity index (χ4n) is 2.51. The summed E-state index contributed by atoms with van der Waals surface area (Å²) in [6.45, 7) is 2.12. The zero-order chi connectivity index (χ0) is 14.1. The molecular formula is C17H15NO2. The standard InChI is InChI=1S/C17H15NO2/c1-2-12-5-3-6-13(11-12)18-10-9-14-15(17(19)20)7-4-8-16(14)18/h3-11H,2H2,1H3,(H,19,20). The second-order valence-corrected chi connectivity index (χ2v) is 4.75. The topological polar surface area (TPSA) is 42.2 Å². The number of fused-ring (bicyclic) bond motifs is 1. The number of aryl methyl sites for hydroxylation is 1. The Hall–Kier alpha value is -2.55. The van der Waals surface area contributed by atoms with Crippen molar-refractivity contribution < 1.29 is 9.90 Å². The number of rotatable bonds is 3. The molecule has 0 aliphatic carbocycles.